The molecule has 0 aliphatic heterocycles. The molecule has 144 valence electrons. The Bertz CT molecular complexity index is 1250. The summed E-state index contributed by atoms with van der Waals surface area (Å²) in [6.45, 7) is 0. The lowest BCUT2D eigenvalue weighted by Crippen LogP contribution is -2.16. The first-order valence-corrected chi connectivity index (χ1v) is 9.15. The maximum atomic E-state index is 12.4. The molecule has 4 aromatic rings. The monoisotopic (exact) mass is 388 g/mol. The maximum Gasteiger partial charge on any atom is 0.347 e. The predicted molar refractivity (Wildman–Crippen MR) is 107 cm³/mol. The van der Waals surface area contributed by atoms with Gasteiger partial charge < -0.3 is 8.83 Å². The van der Waals surface area contributed by atoms with E-state index in [1.807, 2.05) is 0 Å². The number of benzene rings is 2. The summed E-state index contributed by atoms with van der Waals surface area (Å²) in [5.74, 6) is -0.800. The molecular weight excluding hydrogens is 372 g/mol. The van der Waals surface area contributed by atoms with Gasteiger partial charge in [-0.15, -0.1) is 0 Å². The molecular formula is C23H16O6. The highest BCUT2D eigenvalue weighted by Gasteiger charge is 2.17. The summed E-state index contributed by atoms with van der Waals surface area (Å²) in [4.78, 5) is 48.9. The SMILES string of the molecule is O=C(CCCC(=O)c1cc2ccccc2oc1=O)c1cc2ccccc2oc1=O. The van der Waals surface area contributed by atoms with Gasteiger partial charge in [0, 0.05) is 23.6 Å². The zero-order chi connectivity index (χ0) is 20.4. The summed E-state index contributed by atoms with van der Waals surface area (Å²) < 4.78 is 10.3. The van der Waals surface area contributed by atoms with Crippen molar-refractivity contribution >= 4 is 33.5 Å². The van der Waals surface area contributed by atoms with Crippen LogP contribution < -0.4 is 11.3 Å². The Morgan fingerprint density at radius 2 is 1.07 bits per heavy atom. The van der Waals surface area contributed by atoms with E-state index in [1.54, 1.807) is 48.5 Å². The van der Waals surface area contributed by atoms with Crippen molar-refractivity contribution in [2.75, 3.05) is 0 Å². The minimum atomic E-state index is -0.699. The Hall–Kier alpha value is -3.80. The lowest BCUT2D eigenvalue weighted by atomic mass is 10.0. The summed E-state index contributed by atoms with van der Waals surface area (Å²) >= 11 is 0. The number of carbonyl (C=O) groups excluding carboxylic acids is 2. The minimum absolute atomic E-state index is 0.00620. The third-order valence-corrected chi connectivity index (χ3v) is 4.69. The van der Waals surface area contributed by atoms with E-state index in [-0.39, 0.29) is 30.4 Å². The van der Waals surface area contributed by atoms with Crippen LogP contribution in [0.15, 0.2) is 79.1 Å². The van der Waals surface area contributed by atoms with Crippen LogP contribution in [0.4, 0.5) is 0 Å². The van der Waals surface area contributed by atoms with Crippen molar-refractivity contribution < 1.29 is 18.4 Å². The van der Waals surface area contributed by atoms with Gasteiger partial charge in [0.15, 0.2) is 11.6 Å². The Morgan fingerprint density at radius 1 is 0.655 bits per heavy atom. The van der Waals surface area contributed by atoms with Crippen LogP contribution in [0.1, 0.15) is 40.0 Å². The van der Waals surface area contributed by atoms with Gasteiger partial charge in [0.2, 0.25) is 0 Å². The van der Waals surface area contributed by atoms with Crippen LogP contribution in [0.3, 0.4) is 0 Å². The number of hydrogen-bond donors (Lipinski definition) is 0. The fraction of sp³-hybridized carbons (Fsp3) is 0.130. The number of fused-ring (bicyclic) bond motifs is 2. The van der Waals surface area contributed by atoms with Gasteiger partial charge >= 0.3 is 11.3 Å². The summed E-state index contributed by atoms with van der Waals surface area (Å²) in [5.41, 5.74) is -0.660. The van der Waals surface area contributed by atoms with Crippen molar-refractivity contribution in [3.05, 3.63) is 92.6 Å². The van der Waals surface area contributed by atoms with Crippen LogP contribution >= 0.6 is 0 Å². The van der Waals surface area contributed by atoms with Gasteiger partial charge in [-0.25, -0.2) is 9.59 Å². The van der Waals surface area contributed by atoms with E-state index in [9.17, 15) is 19.2 Å². The highest BCUT2D eigenvalue weighted by atomic mass is 16.4. The smallest absolute Gasteiger partial charge is 0.347 e. The number of hydrogen-bond acceptors (Lipinski definition) is 6. The molecule has 0 saturated carbocycles. The maximum absolute atomic E-state index is 12.4. The van der Waals surface area contributed by atoms with E-state index in [0.717, 1.165) is 0 Å². The Balaban J connectivity index is 1.46. The van der Waals surface area contributed by atoms with Gasteiger partial charge in [-0.3, -0.25) is 9.59 Å². The van der Waals surface area contributed by atoms with Crippen LogP contribution in [0.25, 0.3) is 21.9 Å². The van der Waals surface area contributed by atoms with Gasteiger partial charge in [-0.2, -0.15) is 0 Å². The van der Waals surface area contributed by atoms with Gasteiger partial charge in [0.1, 0.15) is 22.3 Å². The van der Waals surface area contributed by atoms with Crippen molar-refractivity contribution in [3.63, 3.8) is 0 Å². The first-order valence-electron chi connectivity index (χ1n) is 9.15. The molecule has 6 heteroatoms. The van der Waals surface area contributed by atoms with Crippen LogP contribution in [-0.2, 0) is 0 Å². The molecule has 0 saturated heterocycles. The zero-order valence-electron chi connectivity index (χ0n) is 15.3. The quantitative estimate of drug-likeness (QED) is 0.364. The third-order valence-electron chi connectivity index (χ3n) is 4.69. The van der Waals surface area contributed by atoms with Crippen LogP contribution in [-0.4, -0.2) is 11.6 Å². The highest BCUT2D eigenvalue weighted by Crippen LogP contribution is 2.16. The molecule has 29 heavy (non-hydrogen) atoms. The molecule has 2 aromatic heterocycles. The van der Waals surface area contributed by atoms with E-state index in [1.165, 1.54) is 12.1 Å². The molecule has 0 bridgehead atoms. The second kappa shape index (κ2) is 7.67. The lowest BCUT2D eigenvalue weighted by Gasteiger charge is -2.03. The molecule has 0 N–H and O–H groups in total. The molecule has 0 fully saturated rings. The Labute approximate surface area is 164 Å². The van der Waals surface area contributed by atoms with Gasteiger partial charge in [0.25, 0.3) is 0 Å². The topological polar surface area (TPSA) is 94.6 Å². The van der Waals surface area contributed by atoms with Crippen LogP contribution in [0.5, 0.6) is 0 Å². The van der Waals surface area contributed by atoms with Crippen molar-refractivity contribution in [2.45, 2.75) is 19.3 Å². The van der Waals surface area contributed by atoms with Gasteiger partial charge in [-0.1, -0.05) is 36.4 Å². The van der Waals surface area contributed by atoms with E-state index in [0.29, 0.717) is 21.9 Å². The Morgan fingerprint density at radius 3 is 1.52 bits per heavy atom. The standard InChI is InChI=1S/C23H16O6/c24-18(16-12-14-6-1-3-10-20(14)28-22(16)26)8-5-9-19(25)17-13-15-7-2-4-11-21(15)29-23(17)27/h1-4,6-7,10-13H,5,8-9H2. The first kappa shape index (κ1) is 18.6. The number of carbonyl (C=O) groups is 2. The molecule has 0 radical (unpaired) electrons. The molecule has 0 atom stereocenters. The number of rotatable bonds is 6. The van der Waals surface area contributed by atoms with Crippen LogP contribution in [0.2, 0.25) is 0 Å². The van der Waals surface area contributed by atoms with E-state index < -0.39 is 22.8 Å². The summed E-state index contributed by atoms with van der Waals surface area (Å²) in [6.07, 6.45) is 0.192. The molecule has 2 heterocycles. The normalized spacial score (nSPS) is 11.0. The van der Waals surface area contributed by atoms with Crippen molar-refractivity contribution in [1.82, 2.24) is 0 Å². The highest BCUT2D eigenvalue weighted by molar-refractivity contribution is 6.00. The summed E-state index contributed by atoms with van der Waals surface area (Å²) in [6, 6.07) is 16.8. The second-order valence-electron chi connectivity index (χ2n) is 6.67. The second-order valence-corrected chi connectivity index (χ2v) is 6.67. The third kappa shape index (κ3) is 3.78. The molecule has 4 rings (SSSR count). The molecule has 0 aliphatic carbocycles. The average Bonchev–Trinajstić information content (AvgIpc) is 2.72. The molecule has 0 aliphatic rings. The Kier molecular flexibility index (Phi) is 4.91. The van der Waals surface area contributed by atoms with Crippen molar-refractivity contribution in [1.29, 1.82) is 0 Å². The van der Waals surface area contributed by atoms with Crippen LogP contribution in [0, 0.1) is 0 Å². The van der Waals surface area contributed by atoms with E-state index >= 15 is 0 Å². The average molecular weight is 388 g/mol. The number of Topliss-reactive ketones (excluding diaryl/α,β-unsaturated/α-hetero) is 2. The first-order chi connectivity index (χ1) is 14.0. The van der Waals surface area contributed by atoms with Crippen molar-refractivity contribution in [2.24, 2.45) is 0 Å². The van der Waals surface area contributed by atoms with E-state index in [4.69, 9.17) is 8.83 Å². The molecule has 0 amide bonds. The molecule has 0 spiro atoms. The summed E-state index contributed by atoms with van der Waals surface area (Å²) in [5, 5.41) is 1.31. The van der Waals surface area contributed by atoms with E-state index in [2.05, 4.69) is 0 Å². The fourth-order valence-electron chi connectivity index (χ4n) is 3.19. The largest absolute Gasteiger partial charge is 0.422 e. The number of para-hydroxylation sites is 2. The number of ketones is 2. The van der Waals surface area contributed by atoms with Gasteiger partial charge in [0.05, 0.1) is 0 Å². The fourth-order valence-corrected chi connectivity index (χ4v) is 3.19. The zero-order valence-corrected chi connectivity index (χ0v) is 15.3. The minimum Gasteiger partial charge on any atom is -0.422 e. The summed E-state index contributed by atoms with van der Waals surface area (Å²) in [7, 11) is 0. The van der Waals surface area contributed by atoms with Gasteiger partial charge in [-0.05, 0) is 30.7 Å². The predicted octanol–water partition coefficient (Wildman–Crippen LogP) is 4.14. The molecule has 6 nitrogen and oxygen atoms in total. The molecule has 0 unspecified atom stereocenters. The molecule has 2 aromatic carbocycles. The lowest BCUT2D eigenvalue weighted by molar-refractivity contribution is 0.0954. The van der Waals surface area contributed by atoms with Crippen molar-refractivity contribution in [3.8, 4) is 0 Å².